The molecule has 0 radical (unpaired) electrons. The van der Waals surface area contributed by atoms with Gasteiger partial charge < -0.3 is 0 Å². The molecule has 11 heavy (non-hydrogen) atoms. The van der Waals surface area contributed by atoms with Crippen LogP contribution >= 0.6 is 0 Å². The number of primary sulfonamides is 1. The Bertz CT molecular complexity index is 249. The summed E-state index contributed by atoms with van der Waals surface area (Å²) in [6.07, 6.45) is -1.01. The Hall–Kier alpha value is -0.230. The van der Waals surface area contributed by atoms with Crippen LogP contribution in [0.25, 0.3) is 0 Å². The maximum atomic E-state index is 12.4. The molecule has 1 rings (SSSR count). The Morgan fingerprint density at radius 2 is 2.00 bits per heavy atom. The lowest BCUT2D eigenvalue weighted by Crippen LogP contribution is -2.27. The second-order valence-corrected chi connectivity index (χ2v) is 4.65. The first-order valence-corrected chi connectivity index (χ1v) is 4.82. The largest absolute Gasteiger partial charge is 0.249 e. The van der Waals surface area contributed by atoms with Gasteiger partial charge in [0.15, 0.2) is 0 Å². The van der Waals surface area contributed by atoms with Gasteiger partial charge in [-0.15, -0.1) is 0 Å². The molecule has 6 heteroatoms. The van der Waals surface area contributed by atoms with E-state index in [1.54, 1.807) is 0 Å². The third kappa shape index (κ3) is 2.10. The van der Waals surface area contributed by atoms with E-state index in [9.17, 15) is 17.2 Å². The normalized spacial score (nSPS) is 30.6. The van der Waals surface area contributed by atoms with Crippen LogP contribution in [0.3, 0.4) is 0 Å². The van der Waals surface area contributed by atoms with E-state index in [0.29, 0.717) is 0 Å². The molecule has 0 saturated heterocycles. The number of rotatable bonds is 1. The summed E-state index contributed by atoms with van der Waals surface area (Å²) in [6, 6.07) is 0. The Balaban J connectivity index is 2.71. The van der Waals surface area contributed by atoms with E-state index in [-0.39, 0.29) is 12.8 Å². The summed E-state index contributed by atoms with van der Waals surface area (Å²) in [6.45, 7) is 0. The first kappa shape index (κ1) is 8.86. The maximum Gasteiger partial charge on any atom is 0.249 e. The quantitative estimate of drug-likeness (QED) is 0.645. The summed E-state index contributed by atoms with van der Waals surface area (Å²) in [4.78, 5) is 0. The molecule has 0 aliphatic heterocycles. The van der Waals surface area contributed by atoms with E-state index >= 15 is 0 Å². The molecule has 66 valence electrons. The van der Waals surface area contributed by atoms with Gasteiger partial charge in [0.2, 0.25) is 15.9 Å². The highest BCUT2D eigenvalue weighted by molar-refractivity contribution is 7.89. The predicted molar refractivity (Wildman–Crippen MR) is 35.7 cm³/mol. The van der Waals surface area contributed by atoms with Crippen LogP contribution in [-0.2, 0) is 10.0 Å². The van der Waals surface area contributed by atoms with Gasteiger partial charge in [-0.3, -0.25) is 0 Å². The Morgan fingerprint density at radius 1 is 1.45 bits per heavy atom. The van der Waals surface area contributed by atoms with Crippen molar-refractivity contribution in [2.24, 2.45) is 5.14 Å². The van der Waals surface area contributed by atoms with Gasteiger partial charge in [0, 0.05) is 12.8 Å². The monoisotopic (exact) mass is 185 g/mol. The van der Waals surface area contributed by atoms with Gasteiger partial charge in [-0.1, -0.05) is 0 Å². The van der Waals surface area contributed by atoms with Gasteiger partial charge in [-0.2, -0.15) is 0 Å². The number of halogens is 2. The maximum absolute atomic E-state index is 12.4. The predicted octanol–water partition coefficient (Wildman–Crippen LogP) is 0.463. The Kier molecular flexibility index (Phi) is 1.92. The standard InChI is InChI=1S/C5H9F2NO2S/c6-5(7)2-1-4(3-5)11(8,9)10/h4H,1-3H2,(H2,8,9,10). The van der Waals surface area contributed by atoms with Crippen molar-refractivity contribution in [2.45, 2.75) is 30.4 Å². The molecular weight excluding hydrogens is 176 g/mol. The summed E-state index contributed by atoms with van der Waals surface area (Å²) >= 11 is 0. The van der Waals surface area contributed by atoms with Crippen LogP contribution in [0.2, 0.25) is 0 Å². The SMILES string of the molecule is NS(=O)(=O)C1CCC(F)(F)C1. The van der Waals surface area contributed by atoms with Gasteiger partial charge in [0.1, 0.15) is 0 Å². The summed E-state index contributed by atoms with van der Waals surface area (Å²) in [5.74, 6) is -2.84. The van der Waals surface area contributed by atoms with Crippen molar-refractivity contribution in [1.82, 2.24) is 0 Å². The van der Waals surface area contributed by atoms with Gasteiger partial charge in [-0.25, -0.2) is 22.3 Å². The average molecular weight is 185 g/mol. The van der Waals surface area contributed by atoms with Crippen LogP contribution in [0.4, 0.5) is 8.78 Å². The van der Waals surface area contributed by atoms with Crippen molar-refractivity contribution in [3.63, 3.8) is 0 Å². The minimum absolute atomic E-state index is 0.0220. The second kappa shape index (κ2) is 2.38. The summed E-state index contributed by atoms with van der Waals surface area (Å²) in [5, 5.41) is 3.66. The van der Waals surface area contributed by atoms with Crippen LogP contribution in [0.1, 0.15) is 19.3 Å². The Labute approximate surface area is 63.6 Å². The lowest BCUT2D eigenvalue weighted by Gasteiger charge is -2.07. The number of sulfonamides is 1. The van der Waals surface area contributed by atoms with Crippen molar-refractivity contribution in [3.8, 4) is 0 Å². The van der Waals surface area contributed by atoms with Gasteiger partial charge in [0.25, 0.3) is 0 Å². The summed E-state index contributed by atoms with van der Waals surface area (Å²) < 4.78 is 45.9. The smallest absolute Gasteiger partial charge is 0.228 e. The first-order chi connectivity index (χ1) is 4.81. The molecule has 1 fully saturated rings. The molecule has 0 amide bonds. The minimum Gasteiger partial charge on any atom is -0.228 e. The van der Waals surface area contributed by atoms with E-state index in [0.717, 1.165) is 0 Å². The van der Waals surface area contributed by atoms with Crippen LogP contribution < -0.4 is 5.14 Å². The fourth-order valence-corrected chi connectivity index (χ4v) is 2.11. The van der Waals surface area contributed by atoms with E-state index in [2.05, 4.69) is 0 Å². The molecule has 2 N–H and O–H groups in total. The zero-order valence-corrected chi connectivity index (χ0v) is 6.57. The van der Waals surface area contributed by atoms with Crippen molar-refractivity contribution in [3.05, 3.63) is 0 Å². The summed E-state index contributed by atoms with van der Waals surface area (Å²) in [5.41, 5.74) is 0. The average Bonchev–Trinajstić information content (AvgIpc) is 2.07. The van der Waals surface area contributed by atoms with Crippen molar-refractivity contribution >= 4 is 10.0 Å². The number of hydrogen-bond acceptors (Lipinski definition) is 2. The van der Waals surface area contributed by atoms with Crippen LogP contribution in [0, 0.1) is 0 Å². The minimum atomic E-state index is -3.75. The van der Waals surface area contributed by atoms with Gasteiger partial charge in [0.05, 0.1) is 5.25 Å². The molecule has 0 aromatic rings. The highest BCUT2D eigenvalue weighted by Gasteiger charge is 2.43. The zero-order chi connectivity index (χ0) is 8.70. The molecule has 1 unspecified atom stereocenters. The molecule has 1 aliphatic carbocycles. The highest BCUT2D eigenvalue weighted by atomic mass is 32.2. The molecule has 1 atom stereocenters. The third-order valence-corrected chi connectivity index (χ3v) is 3.15. The highest BCUT2D eigenvalue weighted by Crippen LogP contribution is 2.37. The van der Waals surface area contributed by atoms with E-state index in [4.69, 9.17) is 5.14 Å². The van der Waals surface area contributed by atoms with E-state index in [1.807, 2.05) is 0 Å². The topological polar surface area (TPSA) is 60.2 Å². The van der Waals surface area contributed by atoms with Crippen molar-refractivity contribution in [1.29, 1.82) is 0 Å². The molecule has 0 spiro atoms. The molecule has 0 aromatic carbocycles. The van der Waals surface area contributed by atoms with Crippen molar-refractivity contribution < 1.29 is 17.2 Å². The number of nitrogens with two attached hydrogens (primary N) is 1. The lowest BCUT2D eigenvalue weighted by atomic mass is 10.3. The molecule has 0 bridgehead atoms. The summed E-state index contributed by atoms with van der Waals surface area (Å²) in [7, 11) is -3.75. The number of hydrogen-bond donors (Lipinski definition) is 1. The van der Waals surface area contributed by atoms with Gasteiger partial charge in [-0.05, 0) is 6.42 Å². The van der Waals surface area contributed by atoms with Crippen molar-refractivity contribution in [2.75, 3.05) is 0 Å². The molecule has 3 nitrogen and oxygen atoms in total. The second-order valence-electron chi connectivity index (χ2n) is 2.81. The molecule has 1 saturated carbocycles. The Morgan fingerprint density at radius 3 is 2.18 bits per heavy atom. The molecule has 1 aliphatic rings. The van der Waals surface area contributed by atoms with Crippen LogP contribution in [0.5, 0.6) is 0 Å². The molecular formula is C5H9F2NO2S. The van der Waals surface area contributed by atoms with E-state index in [1.165, 1.54) is 0 Å². The van der Waals surface area contributed by atoms with E-state index < -0.39 is 27.6 Å². The first-order valence-electron chi connectivity index (χ1n) is 3.21. The van der Waals surface area contributed by atoms with Crippen LogP contribution in [-0.4, -0.2) is 19.6 Å². The number of alkyl halides is 2. The third-order valence-electron chi connectivity index (χ3n) is 1.82. The molecule has 0 aromatic heterocycles. The lowest BCUT2D eigenvalue weighted by molar-refractivity contribution is 0.00955. The molecule has 0 heterocycles. The fourth-order valence-electron chi connectivity index (χ4n) is 1.19. The zero-order valence-electron chi connectivity index (χ0n) is 5.76. The van der Waals surface area contributed by atoms with Crippen LogP contribution in [0.15, 0.2) is 0 Å². The van der Waals surface area contributed by atoms with Gasteiger partial charge >= 0.3 is 0 Å². The fraction of sp³-hybridized carbons (Fsp3) is 1.00.